The zero-order chi connectivity index (χ0) is 15.9. The van der Waals surface area contributed by atoms with E-state index >= 15 is 0 Å². The van der Waals surface area contributed by atoms with Crippen molar-refractivity contribution in [1.29, 1.82) is 0 Å². The zero-order valence-corrected chi connectivity index (χ0v) is 13.6. The molecule has 0 spiro atoms. The molecule has 0 heterocycles. The van der Waals surface area contributed by atoms with Crippen LogP contribution in [0, 0.1) is 0 Å². The van der Waals surface area contributed by atoms with E-state index < -0.39 is 0 Å². The molecular formula is C17H28N2O2. The molecule has 0 aliphatic heterocycles. The summed E-state index contributed by atoms with van der Waals surface area (Å²) in [5, 5.41) is 3.11. The summed E-state index contributed by atoms with van der Waals surface area (Å²) >= 11 is 0. The van der Waals surface area contributed by atoms with E-state index in [0.717, 1.165) is 24.2 Å². The van der Waals surface area contributed by atoms with Gasteiger partial charge in [0.15, 0.2) is 0 Å². The van der Waals surface area contributed by atoms with Crippen molar-refractivity contribution in [3.05, 3.63) is 29.8 Å². The molecule has 0 aliphatic rings. The molecule has 1 aromatic rings. The fraction of sp³-hybridized carbons (Fsp3) is 0.588. The first-order valence-electron chi connectivity index (χ1n) is 7.65. The number of nitrogens with one attached hydrogen (secondary N) is 1. The van der Waals surface area contributed by atoms with Crippen molar-refractivity contribution >= 4 is 5.91 Å². The number of amides is 1. The molecule has 4 nitrogen and oxygen atoms in total. The third kappa shape index (κ3) is 4.74. The normalized spacial score (nSPS) is 12.8. The van der Waals surface area contributed by atoms with Gasteiger partial charge in [-0.1, -0.05) is 32.9 Å². The van der Waals surface area contributed by atoms with Crippen LogP contribution < -0.4 is 15.8 Å². The standard InChI is InChI=1S/C17H28N2O2/c1-5-17(6-2,12-18)19-16(20)10-13(3)14-8-7-9-15(11-14)21-4/h7-9,11,13H,5-6,10,12,18H2,1-4H3,(H,19,20). The van der Waals surface area contributed by atoms with Crippen LogP contribution in [0.25, 0.3) is 0 Å². The van der Waals surface area contributed by atoms with Gasteiger partial charge < -0.3 is 15.8 Å². The number of carbonyl (C=O) groups excluding carboxylic acids is 1. The topological polar surface area (TPSA) is 64.3 Å². The molecule has 21 heavy (non-hydrogen) atoms. The van der Waals surface area contributed by atoms with E-state index in [-0.39, 0.29) is 17.4 Å². The van der Waals surface area contributed by atoms with Gasteiger partial charge in [0.25, 0.3) is 0 Å². The predicted octanol–water partition coefficient (Wildman–Crippen LogP) is 2.82. The van der Waals surface area contributed by atoms with Gasteiger partial charge in [0.2, 0.25) is 5.91 Å². The number of ether oxygens (including phenoxy) is 1. The number of benzene rings is 1. The Bertz CT molecular complexity index is 448. The van der Waals surface area contributed by atoms with Crippen LogP contribution in [-0.2, 0) is 4.79 Å². The Morgan fingerprint density at radius 1 is 1.38 bits per heavy atom. The second kappa shape index (κ2) is 8.03. The van der Waals surface area contributed by atoms with E-state index in [4.69, 9.17) is 10.5 Å². The van der Waals surface area contributed by atoms with Crippen LogP contribution in [0.2, 0.25) is 0 Å². The summed E-state index contributed by atoms with van der Waals surface area (Å²) in [4.78, 5) is 12.3. The van der Waals surface area contributed by atoms with Gasteiger partial charge in [0, 0.05) is 13.0 Å². The van der Waals surface area contributed by atoms with Gasteiger partial charge in [-0.3, -0.25) is 4.79 Å². The minimum absolute atomic E-state index is 0.0551. The first-order valence-corrected chi connectivity index (χ1v) is 7.65. The summed E-state index contributed by atoms with van der Waals surface area (Å²) in [6.45, 7) is 6.64. The number of hydrogen-bond acceptors (Lipinski definition) is 3. The SMILES string of the molecule is CCC(CC)(CN)NC(=O)CC(C)c1cccc(OC)c1. The quantitative estimate of drug-likeness (QED) is 0.774. The van der Waals surface area contributed by atoms with Crippen LogP contribution in [0.4, 0.5) is 0 Å². The Kier molecular flexibility index (Phi) is 6.69. The van der Waals surface area contributed by atoms with Crippen molar-refractivity contribution in [3.63, 3.8) is 0 Å². The van der Waals surface area contributed by atoms with Crippen molar-refractivity contribution in [2.45, 2.75) is 51.5 Å². The first kappa shape index (κ1) is 17.5. The van der Waals surface area contributed by atoms with Gasteiger partial charge in [0.05, 0.1) is 12.6 Å². The molecule has 0 saturated carbocycles. The van der Waals surface area contributed by atoms with Gasteiger partial charge in [-0.05, 0) is 36.5 Å². The third-order valence-corrected chi connectivity index (χ3v) is 4.30. The van der Waals surface area contributed by atoms with E-state index in [2.05, 4.69) is 26.1 Å². The lowest BCUT2D eigenvalue weighted by atomic mass is 9.91. The molecule has 0 fully saturated rings. The number of methoxy groups -OCH3 is 1. The molecule has 0 radical (unpaired) electrons. The molecule has 1 amide bonds. The molecule has 1 atom stereocenters. The monoisotopic (exact) mass is 292 g/mol. The minimum atomic E-state index is -0.273. The van der Waals surface area contributed by atoms with Crippen LogP contribution in [0.3, 0.4) is 0 Å². The van der Waals surface area contributed by atoms with Crippen LogP contribution in [0.5, 0.6) is 5.75 Å². The summed E-state index contributed by atoms with van der Waals surface area (Å²) in [5.74, 6) is 1.02. The Morgan fingerprint density at radius 2 is 2.05 bits per heavy atom. The van der Waals surface area contributed by atoms with Gasteiger partial charge >= 0.3 is 0 Å². The highest BCUT2D eigenvalue weighted by Crippen LogP contribution is 2.24. The molecule has 0 aliphatic carbocycles. The van der Waals surface area contributed by atoms with Gasteiger partial charge in [-0.15, -0.1) is 0 Å². The number of hydrogen-bond donors (Lipinski definition) is 2. The average molecular weight is 292 g/mol. The Morgan fingerprint density at radius 3 is 2.57 bits per heavy atom. The Balaban J connectivity index is 2.69. The molecule has 0 aromatic heterocycles. The van der Waals surface area contributed by atoms with Crippen molar-refractivity contribution in [1.82, 2.24) is 5.32 Å². The van der Waals surface area contributed by atoms with E-state index in [1.165, 1.54) is 0 Å². The van der Waals surface area contributed by atoms with E-state index in [1.807, 2.05) is 24.3 Å². The van der Waals surface area contributed by atoms with Gasteiger partial charge in [-0.25, -0.2) is 0 Å². The fourth-order valence-electron chi connectivity index (χ4n) is 2.46. The molecule has 3 N–H and O–H groups in total. The zero-order valence-electron chi connectivity index (χ0n) is 13.6. The molecule has 0 saturated heterocycles. The molecule has 1 aromatic carbocycles. The molecule has 1 unspecified atom stereocenters. The third-order valence-electron chi connectivity index (χ3n) is 4.30. The van der Waals surface area contributed by atoms with Crippen molar-refractivity contribution < 1.29 is 9.53 Å². The minimum Gasteiger partial charge on any atom is -0.497 e. The molecule has 0 bridgehead atoms. The second-order valence-corrected chi connectivity index (χ2v) is 5.62. The summed E-state index contributed by atoms with van der Waals surface area (Å²) in [6, 6.07) is 7.86. The smallest absolute Gasteiger partial charge is 0.221 e. The number of nitrogens with two attached hydrogens (primary N) is 1. The lowest BCUT2D eigenvalue weighted by Crippen LogP contribution is -2.53. The number of carbonyl (C=O) groups is 1. The van der Waals surface area contributed by atoms with Crippen LogP contribution in [-0.4, -0.2) is 25.1 Å². The van der Waals surface area contributed by atoms with E-state index in [9.17, 15) is 4.79 Å². The molecule has 4 heteroatoms. The van der Waals surface area contributed by atoms with Crippen molar-refractivity contribution in [2.75, 3.05) is 13.7 Å². The maximum absolute atomic E-state index is 12.3. The molecule has 1 rings (SSSR count). The molecular weight excluding hydrogens is 264 g/mol. The molecule has 118 valence electrons. The highest BCUT2D eigenvalue weighted by atomic mass is 16.5. The van der Waals surface area contributed by atoms with E-state index in [0.29, 0.717) is 13.0 Å². The summed E-state index contributed by atoms with van der Waals surface area (Å²) < 4.78 is 5.23. The van der Waals surface area contributed by atoms with Crippen LogP contribution in [0.15, 0.2) is 24.3 Å². The maximum Gasteiger partial charge on any atom is 0.221 e. The predicted molar refractivity (Wildman–Crippen MR) is 86.5 cm³/mol. The van der Waals surface area contributed by atoms with Gasteiger partial charge in [-0.2, -0.15) is 0 Å². The Hall–Kier alpha value is -1.55. The highest BCUT2D eigenvalue weighted by Gasteiger charge is 2.26. The Labute approximate surface area is 128 Å². The average Bonchev–Trinajstić information content (AvgIpc) is 2.52. The van der Waals surface area contributed by atoms with Crippen LogP contribution in [0.1, 0.15) is 51.5 Å². The first-order chi connectivity index (χ1) is 10.00. The fourth-order valence-corrected chi connectivity index (χ4v) is 2.46. The maximum atomic E-state index is 12.3. The largest absolute Gasteiger partial charge is 0.497 e. The summed E-state index contributed by atoms with van der Waals surface area (Å²) in [7, 11) is 1.65. The second-order valence-electron chi connectivity index (χ2n) is 5.62. The lowest BCUT2D eigenvalue weighted by molar-refractivity contribution is -0.123. The van der Waals surface area contributed by atoms with E-state index in [1.54, 1.807) is 7.11 Å². The summed E-state index contributed by atoms with van der Waals surface area (Å²) in [6.07, 6.45) is 2.15. The highest BCUT2D eigenvalue weighted by molar-refractivity contribution is 5.77. The number of rotatable bonds is 8. The van der Waals surface area contributed by atoms with Gasteiger partial charge in [0.1, 0.15) is 5.75 Å². The van der Waals surface area contributed by atoms with Crippen molar-refractivity contribution in [3.8, 4) is 5.75 Å². The summed E-state index contributed by atoms with van der Waals surface area (Å²) in [5.41, 5.74) is 6.66. The van der Waals surface area contributed by atoms with Crippen LogP contribution >= 0.6 is 0 Å². The van der Waals surface area contributed by atoms with Crippen molar-refractivity contribution in [2.24, 2.45) is 5.73 Å². The lowest BCUT2D eigenvalue weighted by Gasteiger charge is -2.32.